The van der Waals surface area contributed by atoms with Gasteiger partial charge < -0.3 is 10.4 Å². The van der Waals surface area contributed by atoms with Crippen LogP contribution in [0, 0.1) is 5.41 Å². The lowest BCUT2D eigenvalue weighted by Gasteiger charge is -2.13. The second-order valence-electron chi connectivity index (χ2n) is 4.64. The molecule has 7 heteroatoms. The minimum atomic E-state index is -2.61. The number of amides is 1. The third-order valence-corrected chi connectivity index (χ3v) is 4.03. The van der Waals surface area contributed by atoms with E-state index in [1.165, 1.54) is 12.1 Å². The zero-order valence-electron chi connectivity index (χ0n) is 10.4. The van der Waals surface area contributed by atoms with Crippen molar-refractivity contribution in [3.05, 3.63) is 29.8 Å². The fourth-order valence-corrected chi connectivity index (χ4v) is 2.45. The van der Waals surface area contributed by atoms with Crippen LogP contribution in [0.3, 0.4) is 0 Å². The first kappa shape index (κ1) is 14.8. The molecule has 0 aliphatic heterocycles. The van der Waals surface area contributed by atoms with Crippen molar-refractivity contribution < 1.29 is 23.5 Å². The van der Waals surface area contributed by atoms with Gasteiger partial charge in [-0.15, -0.1) is 0 Å². The maximum atomic E-state index is 12.4. The van der Waals surface area contributed by atoms with Gasteiger partial charge in [-0.1, -0.05) is 23.9 Å². The Morgan fingerprint density at radius 3 is 2.55 bits per heavy atom. The fraction of sp³-hybridized carbons (Fsp3) is 0.385. The molecule has 1 saturated carbocycles. The topological polar surface area (TPSA) is 66.4 Å². The molecule has 1 aliphatic rings. The second kappa shape index (κ2) is 5.78. The van der Waals surface area contributed by atoms with Gasteiger partial charge in [-0.3, -0.25) is 9.59 Å². The molecule has 1 fully saturated rings. The Morgan fingerprint density at radius 1 is 1.35 bits per heavy atom. The Labute approximate surface area is 118 Å². The summed E-state index contributed by atoms with van der Waals surface area (Å²) in [5, 5.41) is 11.5. The van der Waals surface area contributed by atoms with E-state index in [9.17, 15) is 18.4 Å². The summed E-state index contributed by atoms with van der Waals surface area (Å²) in [5.41, 5.74) is -0.737. The van der Waals surface area contributed by atoms with Crippen LogP contribution in [0.4, 0.5) is 8.78 Å². The molecule has 0 unspecified atom stereocenters. The van der Waals surface area contributed by atoms with Crippen LogP contribution < -0.4 is 5.32 Å². The van der Waals surface area contributed by atoms with Crippen LogP contribution >= 0.6 is 11.8 Å². The zero-order chi connectivity index (χ0) is 14.8. The van der Waals surface area contributed by atoms with Gasteiger partial charge in [0.1, 0.15) is 0 Å². The van der Waals surface area contributed by atoms with E-state index < -0.39 is 23.0 Å². The summed E-state index contributed by atoms with van der Waals surface area (Å²) in [5.74, 6) is -4.08. The summed E-state index contributed by atoms with van der Waals surface area (Å²) in [4.78, 5) is 23.2. The van der Waals surface area contributed by atoms with Crippen LogP contribution in [0.15, 0.2) is 29.2 Å². The number of rotatable bonds is 6. The van der Waals surface area contributed by atoms with Gasteiger partial charge in [0, 0.05) is 11.4 Å². The molecular weight excluding hydrogens is 288 g/mol. The smallest absolute Gasteiger partial charge is 0.311 e. The molecule has 0 saturated heterocycles. The average molecular weight is 301 g/mol. The van der Waals surface area contributed by atoms with Crippen molar-refractivity contribution >= 4 is 23.6 Å². The van der Waals surface area contributed by atoms with Gasteiger partial charge >= 0.3 is 5.97 Å². The van der Waals surface area contributed by atoms with Crippen molar-refractivity contribution in [2.75, 3.05) is 6.54 Å². The number of carbonyl (C=O) groups excluding carboxylic acids is 1. The van der Waals surface area contributed by atoms with E-state index in [0.717, 1.165) is 0 Å². The number of hydrogen-bond donors (Lipinski definition) is 2. The van der Waals surface area contributed by atoms with Crippen molar-refractivity contribution in [2.24, 2.45) is 5.41 Å². The van der Waals surface area contributed by atoms with Crippen LogP contribution in [0.25, 0.3) is 0 Å². The zero-order valence-corrected chi connectivity index (χ0v) is 11.3. The highest BCUT2D eigenvalue weighted by Crippen LogP contribution is 2.45. The normalized spacial score (nSPS) is 15.9. The van der Waals surface area contributed by atoms with Crippen LogP contribution in [-0.2, 0) is 4.79 Å². The third-order valence-electron chi connectivity index (χ3n) is 3.24. The molecule has 0 atom stereocenters. The molecule has 0 bridgehead atoms. The van der Waals surface area contributed by atoms with Crippen molar-refractivity contribution in [1.29, 1.82) is 0 Å². The number of nitrogens with one attached hydrogen (secondary N) is 1. The van der Waals surface area contributed by atoms with E-state index in [4.69, 9.17) is 5.11 Å². The molecule has 1 aliphatic carbocycles. The van der Waals surface area contributed by atoms with Gasteiger partial charge in [-0.25, -0.2) is 0 Å². The summed E-state index contributed by atoms with van der Waals surface area (Å²) >= 11 is 0.298. The molecule has 0 radical (unpaired) electrons. The molecule has 4 nitrogen and oxygen atoms in total. The Bertz CT molecular complexity index is 532. The highest BCUT2D eigenvalue weighted by molar-refractivity contribution is 7.99. The predicted molar refractivity (Wildman–Crippen MR) is 69.9 cm³/mol. The number of aliphatic carboxylic acids is 1. The van der Waals surface area contributed by atoms with Gasteiger partial charge in [0.2, 0.25) is 0 Å². The number of hydrogen-bond acceptors (Lipinski definition) is 3. The second-order valence-corrected chi connectivity index (χ2v) is 5.67. The van der Waals surface area contributed by atoms with Crippen molar-refractivity contribution in [3.8, 4) is 0 Å². The van der Waals surface area contributed by atoms with Crippen LogP contribution in [-0.4, -0.2) is 29.3 Å². The Balaban J connectivity index is 2.04. The van der Waals surface area contributed by atoms with E-state index in [0.29, 0.717) is 24.6 Å². The highest BCUT2D eigenvalue weighted by atomic mass is 32.2. The third kappa shape index (κ3) is 3.27. The average Bonchev–Trinajstić information content (AvgIpc) is 3.17. The first-order valence-electron chi connectivity index (χ1n) is 6.00. The number of carboxylic acid groups (broad SMARTS) is 1. The lowest BCUT2D eigenvalue weighted by molar-refractivity contribution is -0.143. The molecule has 0 heterocycles. The Hall–Kier alpha value is -1.63. The standard InChI is InChI=1S/C13H13F2NO3S/c14-12(15)20-9-4-2-1-3-8(9)10(17)16-7-13(5-6-13)11(18)19/h1-4,12H,5-7H2,(H,16,17)(H,18,19). The maximum Gasteiger partial charge on any atom is 0.311 e. The lowest BCUT2D eigenvalue weighted by atomic mass is 10.1. The number of halogens is 2. The number of carbonyl (C=O) groups is 2. The lowest BCUT2D eigenvalue weighted by Crippen LogP contribution is -2.34. The molecule has 1 aromatic carbocycles. The van der Waals surface area contributed by atoms with E-state index in [1.54, 1.807) is 12.1 Å². The van der Waals surface area contributed by atoms with E-state index in [-0.39, 0.29) is 17.0 Å². The van der Waals surface area contributed by atoms with E-state index in [1.807, 2.05) is 0 Å². The molecule has 1 amide bonds. The summed E-state index contributed by atoms with van der Waals surface area (Å²) in [6.45, 7) is 0.0227. The van der Waals surface area contributed by atoms with Gasteiger partial charge in [0.25, 0.3) is 11.7 Å². The first-order chi connectivity index (χ1) is 9.44. The molecule has 0 spiro atoms. The van der Waals surface area contributed by atoms with Crippen molar-refractivity contribution in [3.63, 3.8) is 0 Å². The van der Waals surface area contributed by atoms with Gasteiger partial charge in [0.05, 0.1) is 11.0 Å². The largest absolute Gasteiger partial charge is 0.481 e. The molecule has 1 aromatic rings. The summed E-state index contributed by atoms with van der Waals surface area (Å²) in [6.07, 6.45) is 1.05. The molecule has 2 N–H and O–H groups in total. The van der Waals surface area contributed by atoms with Crippen molar-refractivity contribution in [2.45, 2.75) is 23.5 Å². The summed E-state index contributed by atoms with van der Waals surface area (Å²) in [7, 11) is 0. The molecular formula is C13H13F2NO3S. The van der Waals surface area contributed by atoms with E-state index in [2.05, 4.69) is 5.32 Å². The Kier molecular flexibility index (Phi) is 4.27. The summed E-state index contributed by atoms with van der Waals surface area (Å²) < 4.78 is 24.8. The first-order valence-corrected chi connectivity index (χ1v) is 6.88. The Morgan fingerprint density at radius 2 is 2.00 bits per heavy atom. The minimum Gasteiger partial charge on any atom is -0.481 e. The van der Waals surface area contributed by atoms with Gasteiger partial charge in [-0.05, 0) is 25.0 Å². The highest BCUT2D eigenvalue weighted by Gasteiger charge is 2.50. The minimum absolute atomic E-state index is 0.0227. The van der Waals surface area contributed by atoms with Crippen LogP contribution in [0.2, 0.25) is 0 Å². The molecule has 0 aromatic heterocycles. The molecule has 20 heavy (non-hydrogen) atoms. The number of thioether (sulfide) groups is 1. The number of benzene rings is 1. The quantitative estimate of drug-likeness (QED) is 0.793. The van der Waals surface area contributed by atoms with Crippen LogP contribution in [0.5, 0.6) is 0 Å². The summed E-state index contributed by atoms with van der Waals surface area (Å²) in [6, 6.07) is 6.03. The van der Waals surface area contributed by atoms with Gasteiger partial charge in [0.15, 0.2) is 0 Å². The van der Waals surface area contributed by atoms with Crippen LogP contribution in [0.1, 0.15) is 23.2 Å². The van der Waals surface area contributed by atoms with Gasteiger partial charge in [-0.2, -0.15) is 8.78 Å². The SMILES string of the molecule is O=C(NCC1(C(=O)O)CC1)c1ccccc1SC(F)F. The number of alkyl halides is 2. The number of carboxylic acids is 1. The maximum absolute atomic E-state index is 12.4. The molecule has 108 valence electrons. The van der Waals surface area contributed by atoms with E-state index >= 15 is 0 Å². The molecule has 2 rings (SSSR count). The predicted octanol–water partition coefficient (Wildman–Crippen LogP) is 2.60. The monoisotopic (exact) mass is 301 g/mol. The fourth-order valence-electron chi connectivity index (χ4n) is 1.81. The van der Waals surface area contributed by atoms with Crippen molar-refractivity contribution in [1.82, 2.24) is 5.32 Å².